The van der Waals surface area contributed by atoms with Gasteiger partial charge in [-0.15, -0.1) is 0 Å². The Morgan fingerprint density at radius 1 is 1.14 bits per heavy atom. The topological polar surface area (TPSA) is 54.3 Å². The molecule has 0 aliphatic heterocycles. The van der Waals surface area contributed by atoms with Crippen LogP contribution in [0.25, 0.3) is 17.0 Å². The fourth-order valence-corrected chi connectivity index (χ4v) is 4.28. The standard InChI is InChI=1S/C24H26N2O2/c1-2-17-11-13-18(14-12-17)16-26-22-10-6-5-9-20(22)21(23(26)24(27)28)15-25-19-7-3-4-8-19/h2,5-6,9-14,19,25H,1,3-4,7-8,15-16H2,(H,27,28). The maximum Gasteiger partial charge on any atom is 0.352 e. The van der Waals surface area contributed by atoms with E-state index < -0.39 is 5.97 Å². The van der Waals surface area contributed by atoms with Crippen LogP contribution >= 0.6 is 0 Å². The van der Waals surface area contributed by atoms with Crippen LogP contribution < -0.4 is 5.32 Å². The van der Waals surface area contributed by atoms with Gasteiger partial charge in [0.05, 0.1) is 0 Å². The lowest BCUT2D eigenvalue weighted by atomic mass is 10.1. The van der Waals surface area contributed by atoms with Crippen molar-refractivity contribution in [3.63, 3.8) is 0 Å². The zero-order chi connectivity index (χ0) is 19.5. The summed E-state index contributed by atoms with van der Waals surface area (Å²) in [6, 6.07) is 16.6. The van der Waals surface area contributed by atoms with Crippen molar-refractivity contribution in [3.05, 3.63) is 77.5 Å². The van der Waals surface area contributed by atoms with Crippen LogP contribution in [0, 0.1) is 0 Å². The molecule has 1 saturated carbocycles. The molecule has 144 valence electrons. The Morgan fingerprint density at radius 2 is 1.86 bits per heavy atom. The van der Waals surface area contributed by atoms with Crippen molar-refractivity contribution in [1.29, 1.82) is 0 Å². The van der Waals surface area contributed by atoms with Crippen LogP contribution in [-0.2, 0) is 13.1 Å². The molecule has 1 aliphatic carbocycles. The van der Waals surface area contributed by atoms with Crippen LogP contribution in [0.1, 0.15) is 52.9 Å². The largest absolute Gasteiger partial charge is 0.477 e. The lowest BCUT2D eigenvalue weighted by Crippen LogP contribution is -2.26. The smallest absolute Gasteiger partial charge is 0.352 e. The Labute approximate surface area is 165 Å². The summed E-state index contributed by atoms with van der Waals surface area (Å²) in [6.07, 6.45) is 6.68. The second-order valence-electron chi connectivity index (χ2n) is 7.54. The summed E-state index contributed by atoms with van der Waals surface area (Å²) in [7, 11) is 0. The van der Waals surface area contributed by atoms with Crippen molar-refractivity contribution >= 4 is 22.9 Å². The third kappa shape index (κ3) is 3.60. The van der Waals surface area contributed by atoms with Crippen molar-refractivity contribution in [2.75, 3.05) is 0 Å². The fourth-order valence-electron chi connectivity index (χ4n) is 4.28. The van der Waals surface area contributed by atoms with Crippen LogP contribution in [0.4, 0.5) is 0 Å². The molecular weight excluding hydrogens is 348 g/mol. The van der Waals surface area contributed by atoms with Crippen molar-refractivity contribution in [2.45, 2.75) is 44.8 Å². The molecule has 0 unspecified atom stereocenters. The zero-order valence-corrected chi connectivity index (χ0v) is 16.0. The highest BCUT2D eigenvalue weighted by atomic mass is 16.4. The molecule has 1 heterocycles. The number of fused-ring (bicyclic) bond motifs is 1. The first kappa shape index (κ1) is 18.5. The summed E-state index contributed by atoms with van der Waals surface area (Å²) in [4.78, 5) is 12.2. The van der Waals surface area contributed by atoms with E-state index in [9.17, 15) is 9.90 Å². The Kier molecular flexibility index (Phi) is 5.31. The Hall–Kier alpha value is -2.85. The van der Waals surface area contributed by atoms with Gasteiger partial charge >= 0.3 is 5.97 Å². The molecule has 4 nitrogen and oxygen atoms in total. The van der Waals surface area contributed by atoms with E-state index in [0.717, 1.165) is 27.6 Å². The minimum atomic E-state index is -0.873. The number of carbonyl (C=O) groups is 1. The summed E-state index contributed by atoms with van der Waals surface area (Å²) in [5.41, 5.74) is 4.37. The lowest BCUT2D eigenvalue weighted by molar-refractivity contribution is 0.0684. The molecule has 4 rings (SSSR count). The van der Waals surface area contributed by atoms with Crippen LogP contribution in [0.2, 0.25) is 0 Å². The highest BCUT2D eigenvalue weighted by molar-refractivity contribution is 5.98. The normalized spacial score (nSPS) is 14.6. The lowest BCUT2D eigenvalue weighted by Gasteiger charge is -2.13. The minimum absolute atomic E-state index is 0.388. The van der Waals surface area contributed by atoms with Crippen molar-refractivity contribution in [2.24, 2.45) is 0 Å². The molecular formula is C24H26N2O2. The molecule has 0 radical (unpaired) electrons. The van der Waals surface area contributed by atoms with Crippen LogP contribution in [0.15, 0.2) is 55.1 Å². The van der Waals surface area contributed by atoms with Crippen molar-refractivity contribution in [3.8, 4) is 0 Å². The number of nitrogens with one attached hydrogen (secondary N) is 1. The first-order valence-corrected chi connectivity index (χ1v) is 9.95. The Balaban J connectivity index is 1.74. The Bertz CT molecular complexity index is 995. The van der Waals surface area contributed by atoms with Crippen LogP contribution in [0.3, 0.4) is 0 Å². The SMILES string of the molecule is C=Cc1ccc(Cn2c(C(=O)O)c(CNC3CCCC3)c3ccccc32)cc1. The highest BCUT2D eigenvalue weighted by Gasteiger charge is 2.23. The van der Waals surface area contributed by atoms with Gasteiger partial charge in [0.1, 0.15) is 5.69 Å². The first-order chi connectivity index (χ1) is 13.7. The van der Waals surface area contributed by atoms with Gasteiger partial charge in [-0.3, -0.25) is 0 Å². The summed E-state index contributed by atoms with van der Waals surface area (Å²) in [6.45, 7) is 4.91. The molecule has 0 bridgehead atoms. The van der Waals surface area contributed by atoms with E-state index in [1.165, 1.54) is 25.7 Å². The second-order valence-corrected chi connectivity index (χ2v) is 7.54. The quantitative estimate of drug-likeness (QED) is 0.607. The summed E-state index contributed by atoms with van der Waals surface area (Å²) in [5, 5.41) is 14.6. The van der Waals surface area contributed by atoms with Gasteiger partial charge in [0.25, 0.3) is 0 Å². The minimum Gasteiger partial charge on any atom is -0.477 e. The maximum atomic E-state index is 12.2. The number of carboxylic acids is 1. The number of nitrogens with zero attached hydrogens (tertiary/aromatic N) is 1. The molecule has 3 aromatic rings. The number of rotatable bonds is 7. The number of aromatic carboxylic acids is 1. The van der Waals surface area contributed by atoms with E-state index >= 15 is 0 Å². The fraction of sp³-hybridized carbons (Fsp3) is 0.292. The molecule has 28 heavy (non-hydrogen) atoms. The van der Waals surface area contributed by atoms with E-state index in [0.29, 0.717) is 24.8 Å². The van der Waals surface area contributed by atoms with E-state index in [1.54, 1.807) is 0 Å². The number of carboxylic acid groups (broad SMARTS) is 1. The van der Waals surface area contributed by atoms with Gasteiger partial charge in [-0.2, -0.15) is 0 Å². The molecule has 2 N–H and O–H groups in total. The molecule has 4 heteroatoms. The van der Waals surface area contributed by atoms with E-state index in [1.807, 2.05) is 59.2 Å². The summed E-state index contributed by atoms with van der Waals surface area (Å²) < 4.78 is 1.94. The van der Waals surface area contributed by atoms with Gasteiger partial charge < -0.3 is 15.0 Å². The van der Waals surface area contributed by atoms with Crippen molar-refractivity contribution < 1.29 is 9.90 Å². The maximum absolute atomic E-state index is 12.2. The number of hydrogen-bond donors (Lipinski definition) is 2. The predicted molar refractivity (Wildman–Crippen MR) is 114 cm³/mol. The number of para-hydroxylation sites is 1. The van der Waals surface area contributed by atoms with E-state index in [2.05, 4.69) is 11.9 Å². The van der Waals surface area contributed by atoms with Gasteiger partial charge in [-0.25, -0.2) is 4.79 Å². The molecule has 0 atom stereocenters. The predicted octanol–water partition coefficient (Wildman–Crippen LogP) is 5.06. The van der Waals surface area contributed by atoms with E-state index in [4.69, 9.17) is 0 Å². The van der Waals surface area contributed by atoms with Crippen molar-refractivity contribution in [1.82, 2.24) is 9.88 Å². The van der Waals surface area contributed by atoms with Gasteiger partial charge in [0.2, 0.25) is 0 Å². The molecule has 1 aliphatic rings. The highest BCUT2D eigenvalue weighted by Crippen LogP contribution is 2.28. The van der Waals surface area contributed by atoms with Gasteiger partial charge in [-0.1, -0.05) is 68.0 Å². The summed E-state index contributed by atoms with van der Waals surface area (Å²) >= 11 is 0. The average molecular weight is 374 g/mol. The molecule has 0 spiro atoms. The molecule has 1 aromatic heterocycles. The number of hydrogen-bond acceptors (Lipinski definition) is 2. The monoisotopic (exact) mass is 374 g/mol. The third-order valence-corrected chi connectivity index (χ3v) is 5.76. The first-order valence-electron chi connectivity index (χ1n) is 9.95. The molecule has 1 fully saturated rings. The van der Waals surface area contributed by atoms with Crippen LogP contribution in [0.5, 0.6) is 0 Å². The van der Waals surface area contributed by atoms with Crippen LogP contribution in [-0.4, -0.2) is 21.7 Å². The van der Waals surface area contributed by atoms with Gasteiger partial charge in [0, 0.05) is 35.6 Å². The third-order valence-electron chi connectivity index (χ3n) is 5.76. The summed E-state index contributed by atoms with van der Waals surface area (Å²) in [5.74, 6) is -0.873. The van der Waals surface area contributed by atoms with E-state index in [-0.39, 0.29) is 0 Å². The molecule has 0 amide bonds. The molecule has 2 aromatic carbocycles. The number of benzene rings is 2. The molecule has 0 saturated heterocycles. The van der Waals surface area contributed by atoms with Gasteiger partial charge in [0.15, 0.2) is 0 Å². The zero-order valence-electron chi connectivity index (χ0n) is 16.0. The second kappa shape index (κ2) is 8.03. The number of aromatic nitrogens is 1. The average Bonchev–Trinajstić information content (AvgIpc) is 3.33. The Morgan fingerprint density at radius 3 is 2.54 bits per heavy atom. The van der Waals surface area contributed by atoms with Gasteiger partial charge in [-0.05, 0) is 30.0 Å².